The molecule has 2 aromatic rings. The minimum Gasteiger partial charge on any atom is -0.490 e. The standard InChI is InChI=1S/C16H16N2O3S/c1-2-11-21-15-8-6-7-14(12-15)13-17-18-22(19,20)16-9-4-3-5-10-16/h2-10,12-13,18H,1,11H2. The van der Waals surface area contributed by atoms with Gasteiger partial charge < -0.3 is 4.74 Å². The first kappa shape index (κ1) is 15.8. The topological polar surface area (TPSA) is 67.8 Å². The molecule has 0 aliphatic rings. The van der Waals surface area contributed by atoms with E-state index in [4.69, 9.17) is 4.74 Å². The molecule has 6 heteroatoms. The van der Waals surface area contributed by atoms with Crippen LogP contribution in [-0.4, -0.2) is 21.2 Å². The lowest BCUT2D eigenvalue weighted by atomic mass is 10.2. The molecule has 2 rings (SSSR count). The third kappa shape index (κ3) is 4.46. The van der Waals surface area contributed by atoms with Gasteiger partial charge >= 0.3 is 0 Å². The maximum atomic E-state index is 12.0. The molecular formula is C16H16N2O3S. The van der Waals surface area contributed by atoms with Crippen molar-refractivity contribution < 1.29 is 13.2 Å². The Balaban J connectivity index is 2.05. The highest BCUT2D eigenvalue weighted by Crippen LogP contribution is 2.12. The van der Waals surface area contributed by atoms with E-state index < -0.39 is 10.0 Å². The Morgan fingerprint density at radius 1 is 1.14 bits per heavy atom. The van der Waals surface area contributed by atoms with Crippen LogP contribution < -0.4 is 9.57 Å². The number of ether oxygens (including phenoxy) is 1. The van der Waals surface area contributed by atoms with Crippen LogP contribution >= 0.6 is 0 Å². The molecule has 0 unspecified atom stereocenters. The zero-order valence-electron chi connectivity index (χ0n) is 11.8. The summed E-state index contributed by atoms with van der Waals surface area (Å²) in [5, 5.41) is 3.77. The molecule has 0 spiro atoms. The number of rotatable bonds is 7. The molecule has 0 aliphatic carbocycles. The van der Waals surface area contributed by atoms with Crippen molar-refractivity contribution in [2.45, 2.75) is 4.90 Å². The number of benzene rings is 2. The first-order valence-corrected chi connectivity index (χ1v) is 8.04. The molecule has 0 saturated heterocycles. The molecule has 0 amide bonds. The van der Waals surface area contributed by atoms with Crippen molar-refractivity contribution in [3.63, 3.8) is 0 Å². The van der Waals surface area contributed by atoms with E-state index in [0.717, 1.165) is 5.56 Å². The highest BCUT2D eigenvalue weighted by molar-refractivity contribution is 7.89. The van der Waals surface area contributed by atoms with Gasteiger partial charge in [0.1, 0.15) is 12.4 Å². The van der Waals surface area contributed by atoms with Gasteiger partial charge in [0.15, 0.2) is 0 Å². The molecule has 5 nitrogen and oxygen atoms in total. The van der Waals surface area contributed by atoms with Crippen LogP contribution in [0.1, 0.15) is 5.56 Å². The van der Waals surface area contributed by atoms with Gasteiger partial charge in [0.2, 0.25) is 0 Å². The van der Waals surface area contributed by atoms with Crippen LogP contribution in [0.25, 0.3) is 0 Å². The van der Waals surface area contributed by atoms with E-state index in [1.54, 1.807) is 48.5 Å². The van der Waals surface area contributed by atoms with Gasteiger partial charge in [0.05, 0.1) is 11.1 Å². The summed E-state index contributed by atoms with van der Waals surface area (Å²) in [5.41, 5.74) is 0.720. The van der Waals surface area contributed by atoms with Gasteiger partial charge in [0, 0.05) is 0 Å². The van der Waals surface area contributed by atoms with Crippen LogP contribution in [0.4, 0.5) is 0 Å². The second-order valence-corrected chi connectivity index (χ2v) is 6.00. The van der Waals surface area contributed by atoms with Crippen LogP contribution in [0.5, 0.6) is 5.75 Å². The Bertz CT molecular complexity index is 756. The van der Waals surface area contributed by atoms with E-state index in [0.29, 0.717) is 12.4 Å². The van der Waals surface area contributed by atoms with E-state index in [-0.39, 0.29) is 4.90 Å². The van der Waals surface area contributed by atoms with Crippen molar-refractivity contribution in [3.05, 3.63) is 72.8 Å². The number of nitrogens with zero attached hydrogens (tertiary/aromatic N) is 1. The number of hydrazone groups is 1. The van der Waals surface area contributed by atoms with Gasteiger partial charge in [-0.3, -0.25) is 0 Å². The average Bonchev–Trinajstić information content (AvgIpc) is 2.54. The molecular weight excluding hydrogens is 300 g/mol. The summed E-state index contributed by atoms with van der Waals surface area (Å²) in [6, 6.07) is 15.2. The van der Waals surface area contributed by atoms with Crippen molar-refractivity contribution in [2.24, 2.45) is 5.10 Å². The van der Waals surface area contributed by atoms with Crippen LogP contribution in [-0.2, 0) is 10.0 Å². The summed E-state index contributed by atoms with van der Waals surface area (Å²) in [6.45, 7) is 3.98. The summed E-state index contributed by atoms with van der Waals surface area (Å²) in [7, 11) is -3.65. The van der Waals surface area contributed by atoms with Crippen LogP contribution in [0.15, 0.2) is 77.2 Å². The molecule has 0 aromatic heterocycles. The molecule has 22 heavy (non-hydrogen) atoms. The van der Waals surface area contributed by atoms with Crippen molar-refractivity contribution in [3.8, 4) is 5.75 Å². The summed E-state index contributed by atoms with van der Waals surface area (Å²) in [4.78, 5) is 2.33. The molecule has 0 atom stereocenters. The molecule has 0 heterocycles. The van der Waals surface area contributed by atoms with Crippen LogP contribution in [0.2, 0.25) is 0 Å². The first-order chi connectivity index (χ1) is 10.6. The third-order valence-corrected chi connectivity index (χ3v) is 3.90. The molecule has 0 bridgehead atoms. The first-order valence-electron chi connectivity index (χ1n) is 6.55. The predicted octanol–water partition coefficient (Wildman–Crippen LogP) is 2.56. The Morgan fingerprint density at radius 3 is 2.64 bits per heavy atom. The zero-order valence-corrected chi connectivity index (χ0v) is 12.7. The molecule has 0 radical (unpaired) electrons. The lowest BCUT2D eigenvalue weighted by molar-refractivity contribution is 0.363. The molecule has 2 aromatic carbocycles. The van der Waals surface area contributed by atoms with Gasteiger partial charge in [-0.15, -0.1) is 0 Å². The molecule has 1 N–H and O–H groups in total. The van der Waals surface area contributed by atoms with E-state index in [9.17, 15) is 8.42 Å². The second kappa shape index (κ2) is 7.42. The summed E-state index contributed by atoms with van der Waals surface area (Å²) in [5.74, 6) is 0.662. The van der Waals surface area contributed by atoms with Crippen molar-refractivity contribution in [1.29, 1.82) is 0 Å². The number of hydrogen-bond acceptors (Lipinski definition) is 4. The van der Waals surface area contributed by atoms with Gasteiger partial charge in [-0.1, -0.05) is 43.0 Å². The highest BCUT2D eigenvalue weighted by atomic mass is 32.2. The van der Waals surface area contributed by atoms with Gasteiger partial charge in [-0.2, -0.15) is 13.5 Å². The zero-order chi connectivity index (χ0) is 15.8. The maximum absolute atomic E-state index is 12.0. The van der Waals surface area contributed by atoms with Crippen LogP contribution in [0.3, 0.4) is 0 Å². The van der Waals surface area contributed by atoms with Crippen molar-refractivity contribution in [2.75, 3.05) is 6.61 Å². The Hall–Kier alpha value is -2.60. The summed E-state index contributed by atoms with van der Waals surface area (Å²) < 4.78 is 29.3. The third-order valence-electron chi connectivity index (χ3n) is 2.67. The lowest BCUT2D eigenvalue weighted by Gasteiger charge is -2.04. The average molecular weight is 316 g/mol. The Labute approximate surface area is 130 Å². The number of nitrogens with one attached hydrogen (secondary N) is 1. The maximum Gasteiger partial charge on any atom is 0.276 e. The van der Waals surface area contributed by atoms with Crippen LogP contribution in [0, 0.1) is 0 Å². The predicted molar refractivity (Wildman–Crippen MR) is 86.5 cm³/mol. The lowest BCUT2D eigenvalue weighted by Crippen LogP contribution is -2.18. The summed E-state index contributed by atoms with van der Waals surface area (Å²) >= 11 is 0. The monoisotopic (exact) mass is 316 g/mol. The summed E-state index contributed by atoms with van der Waals surface area (Å²) in [6.07, 6.45) is 3.07. The number of sulfonamides is 1. The van der Waals surface area contributed by atoms with E-state index in [1.807, 2.05) is 0 Å². The largest absolute Gasteiger partial charge is 0.490 e. The van der Waals surface area contributed by atoms with Gasteiger partial charge in [0.25, 0.3) is 10.0 Å². The fourth-order valence-electron chi connectivity index (χ4n) is 1.66. The molecule has 114 valence electrons. The molecule has 0 saturated carbocycles. The number of hydrogen-bond donors (Lipinski definition) is 1. The smallest absolute Gasteiger partial charge is 0.276 e. The molecule has 0 aliphatic heterocycles. The van der Waals surface area contributed by atoms with Crippen molar-refractivity contribution >= 4 is 16.2 Å². The Morgan fingerprint density at radius 2 is 1.91 bits per heavy atom. The Kier molecular flexibility index (Phi) is 5.32. The van der Waals surface area contributed by atoms with Crippen molar-refractivity contribution in [1.82, 2.24) is 4.83 Å². The molecule has 0 fully saturated rings. The normalized spacial score (nSPS) is 11.3. The van der Waals surface area contributed by atoms with E-state index >= 15 is 0 Å². The second-order valence-electron chi connectivity index (χ2n) is 4.34. The van der Waals surface area contributed by atoms with Gasteiger partial charge in [-0.25, -0.2) is 4.83 Å². The minimum absolute atomic E-state index is 0.162. The quantitative estimate of drug-likeness (QED) is 0.485. The van der Waals surface area contributed by atoms with Gasteiger partial charge in [-0.05, 0) is 29.8 Å². The van der Waals surface area contributed by atoms with E-state index in [1.165, 1.54) is 18.3 Å². The SMILES string of the molecule is C=CCOc1cccc(C=NNS(=O)(=O)c2ccccc2)c1. The van der Waals surface area contributed by atoms with E-state index in [2.05, 4.69) is 16.5 Å². The minimum atomic E-state index is -3.65. The fraction of sp³-hybridized carbons (Fsp3) is 0.0625. The highest BCUT2D eigenvalue weighted by Gasteiger charge is 2.10. The fourth-order valence-corrected chi connectivity index (χ4v) is 2.47.